The van der Waals surface area contributed by atoms with Crippen LogP contribution < -0.4 is 4.74 Å². The van der Waals surface area contributed by atoms with Gasteiger partial charge in [-0.05, 0) is 63.6 Å². The van der Waals surface area contributed by atoms with Crippen LogP contribution in [0.2, 0.25) is 0 Å². The van der Waals surface area contributed by atoms with Crippen LogP contribution in [0.15, 0.2) is 77.3 Å². The molecule has 4 rings (SSSR count). The molecule has 0 saturated carbocycles. The first-order valence-electron chi connectivity index (χ1n) is 8.62. The van der Waals surface area contributed by atoms with E-state index in [1.165, 1.54) is 11.3 Å². The number of ketones is 1. The zero-order valence-corrected chi connectivity index (χ0v) is 17.1. The minimum Gasteiger partial charge on any atom is -0.488 e. The molecular formula is C23H17BrO2S. The summed E-state index contributed by atoms with van der Waals surface area (Å²) in [5.74, 6) is 0.785. The van der Waals surface area contributed by atoms with Crippen molar-refractivity contribution in [1.29, 1.82) is 0 Å². The largest absolute Gasteiger partial charge is 0.488 e. The van der Waals surface area contributed by atoms with E-state index in [9.17, 15) is 4.79 Å². The molecular weight excluding hydrogens is 420 g/mol. The maximum atomic E-state index is 13.0. The average Bonchev–Trinajstić information content (AvgIpc) is 3.13. The van der Waals surface area contributed by atoms with Gasteiger partial charge < -0.3 is 4.74 Å². The van der Waals surface area contributed by atoms with E-state index in [1.807, 2.05) is 79.7 Å². The van der Waals surface area contributed by atoms with Crippen LogP contribution in [0, 0.1) is 6.92 Å². The van der Waals surface area contributed by atoms with Crippen LogP contribution in [0.3, 0.4) is 0 Å². The van der Waals surface area contributed by atoms with Crippen LogP contribution in [-0.4, -0.2) is 5.78 Å². The van der Waals surface area contributed by atoms with Gasteiger partial charge >= 0.3 is 0 Å². The molecule has 0 unspecified atom stereocenters. The molecule has 0 atom stereocenters. The highest BCUT2D eigenvalue weighted by Crippen LogP contribution is 2.33. The number of hydrogen-bond donors (Lipinski definition) is 0. The molecule has 4 aromatic rings. The van der Waals surface area contributed by atoms with E-state index >= 15 is 0 Å². The van der Waals surface area contributed by atoms with Gasteiger partial charge in [0.05, 0.1) is 9.35 Å². The lowest BCUT2D eigenvalue weighted by molar-refractivity contribution is 0.104. The summed E-state index contributed by atoms with van der Waals surface area (Å²) >= 11 is 5.09. The highest BCUT2D eigenvalue weighted by atomic mass is 79.9. The lowest BCUT2D eigenvalue weighted by Gasteiger charge is -2.12. The third kappa shape index (κ3) is 3.82. The predicted octanol–water partition coefficient (Wildman–Crippen LogP) is 6.78. The zero-order valence-electron chi connectivity index (χ0n) is 14.7. The third-order valence-electron chi connectivity index (χ3n) is 4.41. The van der Waals surface area contributed by atoms with E-state index in [2.05, 4.69) is 15.9 Å². The number of ether oxygens (including phenoxy) is 1. The summed E-state index contributed by atoms with van der Waals surface area (Å²) < 4.78 is 7.85. The van der Waals surface area contributed by atoms with Crippen LogP contribution in [0.25, 0.3) is 10.1 Å². The van der Waals surface area contributed by atoms with Crippen molar-refractivity contribution in [2.45, 2.75) is 13.5 Å². The van der Waals surface area contributed by atoms with Gasteiger partial charge in [-0.3, -0.25) is 4.79 Å². The molecule has 0 saturated heterocycles. The molecule has 0 N–H and O–H groups in total. The molecule has 4 heteroatoms. The first kappa shape index (κ1) is 18.0. The lowest BCUT2D eigenvalue weighted by Crippen LogP contribution is -2.03. The molecule has 0 spiro atoms. The second-order valence-corrected chi connectivity index (χ2v) is 8.29. The van der Waals surface area contributed by atoms with Crippen molar-refractivity contribution in [3.05, 3.63) is 98.8 Å². The number of thiophene rings is 1. The smallest absolute Gasteiger partial charge is 0.203 e. The Morgan fingerprint density at radius 2 is 1.74 bits per heavy atom. The number of hydrogen-bond acceptors (Lipinski definition) is 3. The Balaban J connectivity index is 1.60. The quantitative estimate of drug-likeness (QED) is 0.322. The topological polar surface area (TPSA) is 26.3 Å². The van der Waals surface area contributed by atoms with Gasteiger partial charge in [-0.25, -0.2) is 0 Å². The Kier molecular flexibility index (Phi) is 5.10. The molecule has 0 aliphatic carbocycles. The van der Waals surface area contributed by atoms with Gasteiger partial charge in [0.15, 0.2) is 0 Å². The Labute approximate surface area is 170 Å². The van der Waals surface area contributed by atoms with Crippen LogP contribution >= 0.6 is 27.3 Å². The second-order valence-electron chi connectivity index (χ2n) is 6.35. The summed E-state index contributed by atoms with van der Waals surface area (Å²) in [6.07, 6.45) is 0. The minimum atomic E-state index is 0.0454. The van der Waals surface area contributed by atoms with Gasteiger partial charge in [-0.2, -0.15) is 0 Å². The molecule has 0 fully saturated rings. The first-order valence-corrected chi connectivity index (χ1v) is 10.2. The zero-order chi connectivity index (χ0) is 18.8. The molecule has 0 aliphatic rings. The number of rotatable bonds is 5. The molecule has 0 radical (unpaired) electrons. The SMILES string of the molecule is Cc1cc(OCc2ccccc2)c(Br)cc1C(=O)c1cc2ccccc2s1. The number of fused-ring (bicyclic) bond motifs is 1. The molecule has 27 heavy (non-hydrogen) atoms. The van der Waals surface area contributed by atoms with Crippen LogP contribution in [-0.2, 0) is 6.61 Å². The summed E-state index contributed by atoms with van der Waals surface area (Å²) in [7, 11) is 0. The van der Waals surface area contributed by atoms with Crippen molar-refractivity contribution < 1.29 is 9.53 Å². The molecule has 1 aromatic heterocycles. The van der Waals surface area contributed by atoms with Crippen molar-refractivity contribution in [1.82, 2.24) is 0 Å². The van der Waals surface area contributed by atoms with E-state index < -0.39 is 0 Å². The first-order chi connectivity index (χ1) is 13.1. The van der Waals surface area contributed by atoms with Gasteiger partial charge in [0.25, 0.3) is 0 Å². The van der Waals surface area contributed by atoms with Crippen LogP contribution in [0.4, 0.5) is 0 Å². The van der Waals surface area contributed by atoms with Gasteiger partial charge in [-0.1, -0.05) is 48.5 Å². The van der Waals surface area contributed by atoms with E-state index in [-0.39, 0.29) is 5.78 Å². The fraction of sp³-hybridized carbons (Fsp3) is 0.0870. The van der Waals surface area contributed by atoms with Crippen molar-refractivity contribution in [2.75, 3.05) is 0 Å². The highest BCUT2D eigenvalue weighted by Gasteiger charge is 2.17. The van der Waals surface area contributed by atoms with Gasteiger partial charge in [-0.15, -0.1) is 11.3 Å². The number of aryl methyl sites for hydroxylation is 1. The van der Waals surface area contributed by atoms with Gasteiger partial charge in [0, 0.05) is 10.3 Å². The summed E-state index contributed by atoms with van der Waals surface area (Å²) in [6.45, 7) is 2.44. The maximum absolute atomic E-state index is 13.0. The summed E-state index contributed by atoms with van der Waals surface area (Å²) in [4.78, 5) is 13.8. The van der Waals surface area contributed by atoms with E-state index in [1.54, 1.807) is 0 Å². The number of halogens is 1. The molecule has 0 amide bonds. The monoisotopic (exact) mass is 436 g/mol. The number of benzene rings is 3. The van der Waals surface area contributed by atoms with Gasteiger partial charge in [0.1, 0.15) is 12.4 Å². The standard InChI is InChI=1S/C23H17BrO2S/c1-15-11-20(26-14-16-7-3-2-4-8-16)19(24)13-18(15)23(25)22-12-17-9-5-6-10-21(17)27-22/h2-13H,14H2,1H3. The van der Waals surface area contributed by atoms with Gasteiger partial charge in [0.2, 0.25) is 5.78 Å². The van der Waals surface area contributed by atoms with Crippen molar-refractivity contribution >= 4 is 43.1 Å². The molecule has 134 valence electrons. The predicted molar refractivity (Wildman–Crippen MR) is 115 cm³/mol. The van der Waals surface area contributed by atoms with Crippen molar-refractivity contribution in [2.24, 2.45) is 0 Å². The summed E-state index contributed by atoms with van der Waals surface area (Å²) in [6, 6.07) is 23.8. The van der Waals surface area contributed by atoms with E-state index in [4.69, 9.17) is 4.74 Å². The van der Waals surface area contributed by atoms with Crippen molar-refractivity contribution in [3.63, 3.8) is 0 Å². The van der Waals surface area contributed by atoms with Crippen LogP contribution in [0.5, 0.6) is 5.75 Å². The molecule has 2 nitrogen and oxygen atoms in total. The van der Waals surface area contributed by atoms with Crippen LogP contribution in [0.1, 0.15) is 26.4 Å². The number of carbonyl (C=O) groups is 1. The summed E-state index contributed by atoms with van der Waals surface area (Å²) in [5, 5.41) is 1.10. The van der Waals surface area contributed by atoms with Crippen molar-refractivity contribution in [3.8, 4) is 5.75 Å². The fourth-order valence-corrected chi connectivity index (χ4v) is 4.45. The second kappa shape index (κ2) is 7.67. The van der Waals surface area contributed by atoms with E-state index in [0.717, 1.165) is 36.3 Å². The minimum absolute atomic E-state index is 0.0454. The molecule has 0 bridgehead atoms. The lowest BCUT2D eigenvalue weighted by atomic mass is 10.0. The Bertz CT molecular complexity index is 1080. The molecule has 1 heterocycles. The van der Waals surface area contributed by atoms with E-state index in [0.29, 0.717) is 12.2 Å². The molecule has 0 aliphatic heterocycles. The Morgan fingerprint density at radius 1 is 1.00 bits per heavy atom. The fourth-order valence-electron chi connectivity index (χ4n) is 2.97. The Morgan fingerprint density at radius 3 is 2.52 bits per heavy atom. The normalized spacial score (nSPS) is 10.9. The maximum Gasteiger partial charge on any atom is 0.203 e. The average molecular weight is 437 g/mol. The molecule has 3 aromatic carbocycles. The third-order valence-corrected chi connectivity index (χ3v) is 6.14. The number of carbonyl (C=O) groups excluding carboxylic acids is 1. The Hall–Kier alpha value is -2.43. The summed E-state index contributed by atoms with van der Waals surface area (Å²) in [5.41, 5.74) is 2.71. The highest BCUT2D eigenvalue weighted by molar-refractivity contribution is 9.10.